The van der Waals surface area contributed by atoms with Crippen LogP contribution in [0.15, 0.2) is 47.6 Å². The lowest BCUT2D eigenvalue weighted by Crippen LogP contribution is -2.03. The third kappa shape index (κ3) is 5.42. The van der Waals surface area contributed by atoms with E-state index < -0.39 is 0 Å². The molecule has 0 aliphatic carbocycles. The Morgan fingerprint density at radius 1 is 0.893 bits per heavy atom. The average molecular weight is 375 g/mol. The lowest BCUT2D eigenvalue weighted by molar-refractivity contribution is 0.141. The van der Waals surface area contributed by atoms with Gasteiger partial charge < -0.3 is 4.84 Å². The van der Waals surface area contributed by atoms with Gasteiger partial charge in [-0.3, -0.25) is 4.98 Å². The first kappa shape index (κ1) is 19.6. The van der Waals surface area contributed by atoms with E-state index in [4.69, 9.17) is 4.84 Å². The molecular formula is C22H25N5O. The molecule has 0 aromatic carbocycles. The van der Waals surface area contributed by atoms with Crippen molar-refractivity contribution in [3.05, 3.63) is 70.9 Å². The molecule has 0 spiro atoms. The normalized spacial score (nSPS) is 11.5. The summed E-state index contributed by atoms with van der Waals surface area (Å²) < 4.78 is 0. The fourth-order valence-electron chi connectivity index (χ4n) is 2.80. The van der Waals surface area contributed by atoms with Crippen molar-refractivity contribution in [3.63, 3.8) is 0 Å². The maximum absolute atomic E-state index is 5.46. The zero-order valence-electron chi connectivity index (χ0n) is 16.8. The van der Waals surface area contributed by atoms with E-state index in [0.717, 1.165) is 52.7 Å². The van der Waals surface area contributed by atoms with Crippen molar-refractivity contribution in [2.24, 2.45) is 5.16 Å². The predicted octanol–water partition coefficient (Wildman–Crippen LogP) is 4.23. The van der Waals surface area contributed by atoms with Gasteiger partial charge in [-0.25, -0.2) is 15.0 Å². The van der Waals surface area contributed by atoms with E-state index in [-0.39, 0.29) is 0 Å². The predicted molar refractivity (Wildman–Crippen MR) is 110 cm³/mol. The van der Waals surface area contributed by atoms with Crippen LogP contribution in [-0.2, 0) is 11.3 Å². The second-order valence-electron chi connectivity index (χ2n) is 6.77. The van der Waals surface area contributed by atoms with Crippen LogP contribution in [0, 0.1) is 20.8 Å². The first-order valence-corrected chi connectivity index (χ1v) is 9.40. The highest BCUT2D eigenvalue weighted by molar-refractivity contribution is 5.96. The topological polar surface area (TPSA) is 73.2 Å². The maximum Gasteiger partial charge on any atom is 0.178 e. The van der Waals surface area contributed by atoms with Gasteiger partial charge in [0, 0.05) is 22.8 Å². The van der Waals surface area contributed by atoms with Gasteiger partial charge in [0.05, 0.1) is 5.69 Å². The Labute approximate surface area is 165 Å². The Balaban J connectivity index is 1.57. The van der Waals surface area contributed by atoms with Crippen LogP contribution in [0.5, 0.6) is 0 Å². The Hall–Kier alpha value is -3.15. The SMILES string of the molecule is CC(=NOCCCc1cc(C)nc(-c2cccc(C)n2)n1)c1cccc(C)n1. The quantitative estimate of drug-likeness (QED) is 0.351. The Bertz CT molecular complexity index is 984. The minimum atomic E-state index is 0.518. The largest absolute Gasteiger partial charge is 0.396 e. The van der Waals surface area contributed by atoms with Gasteiger partial charge in [0.15, 0.2) is 5.82 Å². The molecule has 0 saturated heterocycles. The van der Waals surface area contributed by atoms with Gasteiger partial charge in [0.25, 0.3) is 0 Å². The van der Waals surface area contributed by atoms with E-state index in [1.165, 1.54) is 0 Å². The number of nitrogens with zero attached hydrogens (tertiary/aromatic N) is 5. The lowest BCUT2D eigenvalue weighted by Gasteiger charge is -2.06. The van der Waals surface area contributed by atoms with Gasteiger partial charge in [-0.2, -0.15) is 0 Å². The van der Waals surface area contributed by atoms with Crippen molar-refractivity contribution >= 4 is 5.71 Å². The summed E-state index contributed by atoms with van der Waals surface area (Å²) in [4.78, 5) is 23.6. The van der Waals surface area contributed by atoms with E-state index in [1.807, 2.05) is 70.2 Å². The van der Waals surface area contributed by atoms with E-state index in [2.05, 4.69) is 25.1 Å². The molecule has 0 saturated carbocycles. The summed E-state index contributed by atoms with van der Waals surface area (Å²) >= 11 is 0. The van der Waals surface area contributed by atoms with E-state index in [9.17, 15) is 0 Å². The summed E-state index contributed by atoms with van der Waals surface area (Å²) in [6.45, 7) is 8.32. The number of hydrogen-bond donors (Lipinski definition) is 0. The third-order valence-electron chi connectivity index (χ3n) is 4.15. The van der Waals surface area contributed by atoms with Crippen LogP contribution < -0.4 is 0 Å². The number of oxime groups is 1. The highest BCUT2D eigenvalue weighted by atomic mass is 16.6. The minimum absolute atomic E-state index is 0.518. The van der Waals surface area contributed by atoms with Crippen LogP contribution in [0.1, 0.15) is 41.8 Å². The van der Waals surface area contributed by atoms with Crippen molar-refractivity contribution in [2.75, 3.05) is 6.61 Å². The molecule has 3 aromatic heterocycles. The van der Waals surface area contributed by atoms with Gasteiger partial charge in [-0.15, -0.1) is 0 Å². The molecule has 144 valence electrons. The van der Waals surface area contributed by atoms with Crippen molar-refractivity contribution in [1.29, 1.82) is 0 Å². The summed E-state index contributed by atoms with van der Waals surface area (Å²) in [6.07, 6.45) is 1.61. The van der Waals surface area contributed by atoms with Crippen molar-refractivity contribution in [1.82, 2.24) is 19.9 Å². The van der Waals surface area contributed by atoms with Gasteiger partial charge in [0.1, 0.15) is 18.0 Å². The fraction of sp³-hybridized carbons (Fsp3) is 0.318. The molecule has 0 unspecified atom stereocenters. The van der Waals surface area contributed by atoms with Crippen LogP contribution in [0.25, 0.3) is 11.5 Å². The van der Waals surface area contributed by atoms with E-state index in [1.54, 1.807) is 0 Å². The van der Waals surface area contributed by atoms with Crippen LogP contribution in [0.4, 0.5) is 0 Å². The number of pyridine rings is 2. The van der Waals surface area contributed by atoms with E-state index >= 15 is 0 Å². The molecule has 0 aliphatic rings. The summed E-state index contributed by atoms with van der Waals surface area (Å²) in [5, 5.41) is 4.17. The van der Waals surface area contributed by atoms with Crippen LogP contribution in [-0.4, -0.2) is 32.3 Å². The molecule has 3 heterocycles. The summed E-state index contributed by atoms with van der Waals surface area (Å²) in [5.74, 6) is 0.666. The molecular weight excluding hydrogens is 350 g/mol. The Morgan fingerprint density at radius 3 is 2.39 bits per heavy atom. The molecule has 6 nitrogen and oxygen atoms in total. The molecule has 0 amide bonds. The lowest BCUT2D eigenvalue weighted by atomic mass is 10.2. The third-order valence-corrected chi connectivity index (χ3v) is 4.15. The molecule has 0 bridgehead atoms. The van der Waals surface area contributed by atoms with Crippen LogP contribution >= 0.6 is 0 Å². The molecule has 3 aromatic rings. The van der Waals surface area contributed by atoms with Gasteiger partial charge >= 0.3 is 0 Å². The Kier molecular flexibility index (Phi) is 6.42. The minimum Gasteiger partial charge on any atom is -0.396 e. The summed E-state index contributed by atoms with van der Waals surface area (Å²) in [6, 6.07) is 13.7. The van der Waals surface area contributed by atoms with Crippen LogP contribution in [0.2, 0.25) is 0 Å². The van der Waals surface area contributed by atoms with Crippen molar-refractivity contribution in [3.8, 4) is 11.5 Å². The van der Waals surface area contributed by atoms with Crippen LogP contribution in [0.3, 0.4) is 0 Å². The first-order valence-electron chi connectivity index (χ1n) is 9.40. The zero-order chi connectivity index (χ0) is 19.9. The second kappa shape index (κ2) is 9.17. The molecule has 6 heteroatoms. The molecule has 0 atom stereocenters. The smallest absolute Gasteiger partial charge is 0.178 e. The molecule has 0 radical (unpaired) electrons. The average Bonchev–Trinajstić information content (AvgIpc) is 2.67. The van der Waals surface area contributed by atoms with Gasteiger partial charge in [-0.1, -0.05) is 17.3 Å². The van der Waals surface area contributed by atoms with E-state index in [0.29, 0.717) is 12.4 Å². The van der Waals surface area contributed by atoms with Gasteiger partial charge in [-0.05, 0) is 70.9 Å². The second-order valence-corrected chi connectivity index (χ2v) is 6.77. The number of aryl methyl sites for hydroxylation is 4. The zero-order valence-corrected chi connectivity index (χ0v) is 16.8. The number of rotatable bonds is 7. The monoisotopic (exact) mass is 375 g/mol. The number of aromatic nitrogens is 4. The first-order chi connectivity index (χ1) is 13.5. The fourth-order valence-corrected chi connectivity index (χ4v) is 2.80. The summed E-state index contributed by atoms with van der Waals surface area (Å²) in [7, 11) is 0. The molecule has 0 aliphatic heterocycles. The molecule has 0 N–H and O–H groups in total. The molecule has 28 heavy (non-hydrogen) atoms. The standard InChI is InChI=1S/C22H25N5O/c1-15-8-5-11-20(23-15)18(4)27-28-13-7-10-19-14-17(3)25-22(26-19)21-12-6-9-16(2)24-21/h5-6,8-9,11-12,14H,7,10,13H2,1-4H3. The molecule has 3 rings (SSSR count). The van der Waals surface area contributed by atoms with Crippen molar-refractivity contribution < 1.29 is 4.84 Å². The van der Waals surface area contributed by atoms with Gasteiger partial charge in [0.2, 0.25) is 0 Å². The number of hydrogen-bond acceptors (Lipinski definition) is 6. The highest BCUT2D eigenvalue weighted by Crippen LogP contribution is 2.15. The van der Waals surface area contributed by atoms with Crippen molar-refractivity contribution in [2.45, 2.75) is 40.5 Å². The Morgan fingerprint density at radius 2 is 1.64 bits per heavy atom. The summed E-state index contributed by atoms with van der Waals surface area (Å²) in [5.41, 5.74) is 6.24. The highest BCUT2D eigenvalue weighted by Gasteiger charge is 2.07. The maximum atomic E-state index is 5.46. The molecule has 0 fully saturated rings.